The van der Waals surface area contributed by atoms with E-state index in [2.05, 4.69) is 26.1 Å². The number of rotatable bonds is 4. The van der Waals surface area contributed by atoms with Gasteiger partial charge in [0.15, 0.2) is 0 Å². The van der Waals surface area contributed by atoms with Gasteiger partial charge in [0.2, 0.25) is 5.91 Å². The third-order valence-corrected chi connectivity index (χ3v) is 2.42. The number of likely N-dealkylation sites (N-methyl/N-ethyl adjacent to an activating group) is 1. The Morgan fingerprint density at radius 2 is 2.00 bits per heavy atom. The van der Waals surface area contributed by atoms with Gasteiger partial charge in [0.1, 0.15) is 0 Å². The van der Waals surface area contributed by atoms with Crippen molar-refractivity contribution in [3.63, 3.8) is 0 Å². The average molecular weight is 198 g/mol. The first-order valence-electron chi connectivity index (χ1n) is 5.48. The van der Waals surface area contributed by atoms with Crippen LogP contribution in [0.1, 0.15) is 40.5 Å². The molecule has 0 aromatic rings. The SMILES string of the molecule is CCN(C(=O)CNC(C)(C)C)C1CC1. The van der Waals surface area contributed by atoms with Crippen LogP contribution in [-0.2, 0) is 4.79 Å². The second kappa shape index (κ2) is 4.30. The van der Waals surface area contributed by atoms with Gasteiger partial charge in [-0.05, 0) is 40.5 Å². The van der Waals surface area contributed by atoms with Gasteiger partial charge in [-0.25, -0.2) is 0 Å². The van der Waals surface area contributed by atoms with Crippen LogP contribution in [-0.4, -0.2) is 35.5 Å². The van der Waals surface area contributed by atoms with E-state index in [0.717, 1.165) is 6.54 Å². The fourth-order valence-corrected chi connectivity index (χ4v) is 1.47. The summed E-state index contributed by atoms with van der Waals surface area (Å²) < 4.78 is 0. The van der Waals surface area contributed by atoms with Crippen LogP contribution in [0.2, 0.25) is 0 Å². The Balaban J connectivity index is 2.32. The van der Waals surface area contributed by atoms with Crippen molar-refractivity contribution in [1.82, 2.24) is 10.2 Å². The Kier molecular flexibility index (Phi) is 3.53. The van der Waals surface area contributed by atoms with Crippen LogP contribution in [0.5, 0.6) is 0 Å². The Bertz CT molecular complexity index is 204. The highest BCUT2D eigenvalue weighted by atomic mass is 16.2. The van der Waals surface area contributed by atoms with Crippen molar-refractivity contribution in [3.8, 4) is 0 Å². The van der Waals surface area contributed by atoms with E-state index in [1.807, 2.05) is 11.8 Å². The lowest BCUT2D eigenvalue weighted by molar-refractivity contribution is -0.130. The Hall–Kier alpha value is -0.570. The summed E-state index contributed by atoms with van der Waals surface area (Å²) in [6, 6.07) is 0.536. The molecular weight excluding hydrogens is 176 g/mol. The van der Waals surface area contributed by atoms with E-state index in [4.69, 9.17) is 0 Å². The molecule has 1 rings (SSSR count). The lowest BCUT2D eigenvalue weighted by Gasteiger charge is -2.25. The molecule has 14 heavy (non-hydrogen) atoms. The second-order valence-electron chi connectivity index (χ2n) is 5.01. The summed E-state index contributed by atoms with van der Waals surface area (Å²) in [5, 5.41) is 3.23. The maximum absolute atomic E-state index is 11.8. The van der Waals surface area contributed by atoms with Crippen LogP contribution in [0.15, 0.2) is 0 Å². The molecule has 0 radical (unpaired) electrons. The Labute approximate surface area is 86.9 Å². The van der Waals surface area contributed by atoms with Gasteiger partial charge in [-0.3, -0.25) is 4.79 Å². The van der Waals surface area contributed by atoms with Gasteiger partial charge in [0, 0.05) is 18.1 Å². The molecular formula is C11H22N2O. The van der Waals surface area contributed by atoms with Crippen molar-refractivity contribution in [1.29, 1.82) is 0 Å². The van der Waals surface area contributed by atoms with Crippen LogP contribution in [0.4, 0.5) is 0 Å². The zero-order valence-corrected chi connectivity index (χ0v) is 9.76. The fraction of sp³-hybridized carbons (Fsp3) is 0.909. The van der Waals surface area contributed by atoms with Crippen molar-refractivity contribution >= 4 is 5.91 Å². The van der Waals surface area contributed by atoms with Crippen molar-refractivity contribution in [2.24, 2.45) is 0 Å². The molecule has 0 bridgehead atoms. The molecule has 1 aliphatic carbocycles. The monoisotopic (exact) mass is 198 g/mol. The molecule has 3 nitrogen and oxygen atoms in total. The van der Waals surface area contributed by atoms with Crippen LogP contribution < -0.4 is 5.32 Å². The standard InChI is InChI=1S/C11H22N2O/c1-5-13(9-6-7-9)10(14)8-12-11(2,3)4/h9,12H,5-8H2,1-4H3. The quantitative estimate of drug-likeness (QED) is 0.740. The Morgan fingerprint density at radius 3 is 2.36 bits per heavy atom. The van der Waals surface area contributed by atoms with Crippen molar-refractivity contribution in [2.45, 2.75) is 52.1 Å². The molecule has 0 aliphatic heterocycles. The molecule has 3 heteroatoms. The van der Waals surface area contributed by atoms with E-state index in [1.165, 1.54) is 12.8 Å². The van der Waals surface area contributed by atoms with Crippen LogP contribution in [0.25, 0.3) is 0 Å². The van der Waals surface area contributed by atoms with E-state index < -0.39 is 0 Å². The van der Waals surface area contributed by atoms with E-state index in [1.54, 1.807) is 0 Å². The maximum atomic E-state index is 11.8. The van der Waals surface area contributed by atoms with Gasteiger partial charge in [-0.2, -0.15) is 0 Å². The first-order chi connectivity index (χ1) is 6.44. The van der Waals surface area contributed by atoms with Gasteiger partial charge in [0.25, 0.3) is 0 Å². The van der Waals surface area contributed by atoms with Gasteiger partial charge in [-0.15, -0.1) is 0 Å². The zero-order chi connectivity index (χ0) is 10.8. The van der Waals surface area contributed by atoms with Gasteiger partial charge in [-0.1, -0.05) is 0 Å². The van der Waals surface area contributed by atoms with E-state index in [0.29, 0.717) is 12.6 Å². The summed E-state index contributed by atoms with van der Waals surface area (Å²) in [6.45, 7) is 9.59. The number of nitrogens with zero attached hydrogens (tertiary/aromatic N) is 1. The molecule has 0 unspecified atom stereocenters. The predicted octanol–water partition coefficient (Wildman–Crippen LogP) is 1.39. The number of carbonyl (C=O) groups is 1. The molecule has 0 aromatic heterocycles. The third kappa shape index (κ3) is 3.66. The first kappa shape index (κ1) is 11.5. The molecule has 1 saturated carbocycles. The lowest BCUT2D eigenvalue weighted by atomic mass is 10.1. The molecule has 0 heterocycles. The summed E-state index contributed by atoms with van der Waals surface area (Å²) >= 11 is 0. The minimum absolute atomic E-state index is 0.0264. The number of hydrogen-bond donors (Lipinski definition) is 1. The number of carbonyl (C=O) groups excluding carboxylic acids is 1. The van der Waals surface area contributed by atoms with Crippen molar-refractivity contribution < 1.29 is 4.79 Å². The molecule has 0 atom stereocenters. The predicted molar refractivity (Wildman–Crippen MR) is 58.2 cm³/mol. The van der Waals surface area contributed by atoms with Crippen LogP contribution in [0.3, 0.4) is 0 Å². The molecule has 1 fully saturated rings. The van der Waals surface area contributed by atoms with Crippen LogP contribution >= 0.6 is 0 Å². The molecule has 0 spiro atoms. The van der Waals surface area contributed by atoms with Gasteiger partial charge in [0.05, 0.1) is 6.54 Å². The van der Waals surface area contributed by atoms with E-state index >= 15 is 0 Å². The number of amides is 1. The van der Waals surface area contributed by atoms with Crippen molar-refractivity contribution in [3.05, 3.63) is 0 Å². The molecule has 1 aliphatic rings. The van der Waals surface area contributed by atoms with Gasteiger partial charge >= 0.3 is 0 Å². The normalized spacial score (nSPS) is 16.9. The highest BCUT2D eigenvalue weighted by Crippen LogP contribution is 2.26. The number of nitrogens with one attached hydrogen (secondary N) is 1. The maximum Gasteiger partial charge on any atom is 0.236 e. The molecule has 0 saturated heterocycles. The molecule has 1 N–H and O–H groups in total. The van der Waals surface area contributed by atoms with Crippen molar-refractivity contribution in [2.75, 3.05) is 13.1 Å². The minimum atomic E-state index is 0.0264. The lowest BCUT2D eigenvalue weighted by Crippen LogP contribution is -2.45. The third-order valence-electron chi connectivity index (χ3n) is 2.42. The topological polar surface area (TPSA) is 32.3 Å². The molecule has 0 aromatic carbocycles. The summed E-state index contributed by atoms with van der Waals surface area (Å²) in [5.74, 6) is 0.241. The summed E-state index contributed by atoms with van der Waals surface area (Å²) in [4.78, 5) is 13.8. The summed E-state index contributed by atoms with van der Waals surface area (Å²) in [6.07, 6.45) is 2.38. The molecule has 82 valence electrons. The second-order valence-corrected chi connectivity index (χ2v) is 5.01. The highest BCUT2D eigenvalue weighted by Gasteiger charge is 2.31. The minimum Gasteiger partial charge on any atom is -0.339 e. The first-order valence-corrected chi connectivity index (χ1v) is 5.48. The fourth-order valence-electron chi connectivity index (χ4n) is 1.47. The van der Waals surface area contributed by atoms with E-state index in [9.17, 15) is 4.79 Å². The molecule has 1 amide bonds. The van der Waals surface area contributed by atoms with Gasteiger partial charge < -0.3 is 10.2 Å². The average Bonchev–Trinajstić information content (AvgIpc) is 2.85. The Morgan fingerprint density at radius 1 is 1.43 bits per heavy atom. The summed E-state index contributed by atoms with van der Waals surface area (Å²) in [5.41, 5.74) is 0.0264. The summed E-state index contributed by atoms with van der Waals surface area (Å²) in [7, 11) is 0. The van der Waals surface area contributed by atoms with E-state index in [-0.39, 0.29) is 11.4 Å². The largest absolute Gasteiger partial charge is 0.339 e. The zero-order valence-electron chi connectivity index (χ0n) is 9.76. The highest BCUT2D eigenvalue weighted by molar-refractivity contribution is 5.79. The van der Waals surface area contributed by atoms with Crippen LogP contribution in [0, 0.1) is 0 Å². The number of hydrogen-bond acceptors (Lipinski definition) is 2. The smallest absolute Gasteiger partial charge is 0.236 e.